The van der Waals surface area contributed by atoms with Gasteiger partial charge in [0, 0.05) is 23.7 Å². The lowest BCUT2D eigenvalue weighted by atomic mass is 10.2. The molecular weight excluding hydrogens is 362 g/mol. The van der Waals surface area contributed by atoms with E-state index in [0.29, 0.717) is 13.2 Å². The molecule has 2 N–H and O–H groups in total. The van der Waals surface area contributed by atoms with Crippen LogP contribution in [0.15, 0.2) is 41.8 Å². The smallest absolute Gasteiger partial charge is 0.319 e. The number of hydrogen-bond acceptors (Lipinski definition) is 5. The fourth-order valence-electron chi connectivity index (χ4n) is 2.98. The van der Waals surface area contributed by atoms with Gasteiger partial charge in [-0.25, -0.2) is 4.79 Å². The number of hydrogen-bond donors (Lipinski definition) is 2. The third kappa shape index (κ3) is 5.95. The van der Waals surface area contributed by atoms with Crippen molar-refractivity contribution in [1.82, 2.24) is 10.2 Å². The molecular formula is C20H27N3O3S. The first-order valence-corrected chi connectivity index (χ1v) is 10.1. The van der Waals surface area contributed by atoms with Crippen LogP contribution in [0.5, 0.6) is 5.75 Å². The highest BCUT2D eigenvalue weighted by atomic mass is 32.1. The van der Waals surface area contributed by atoms with Crippen molar-refractivity contribution < 1.29 is 14.3 Å². The Labute approximate surface area is 164 Å². The number of anilines is 1. The Bertz CT molecular complexity index is 698. The average Bonchev–Trinajstić information content (AvgIpc) is 3.35. The van der Waals surface area contributed by atoms with Crippen LogP contribution in [0, 0.1) is 0 Å². The fourth-order valence-corrected chi connectivity index (χ4v) is 3.91. The number of amides is 2. The predicted molar refractivity (Wildman–Crippen MR) is 109 cm³/mol. The van der Waals surface area contributed by atoms with Crippen LogP contribution in [-0.2, 0) is 4.74 Å². The van der Waals surface area contributed by atoms with E-state index in [2.05, 4.69) is 21.6 Å². The lowest BCUT2D eigenvalue weighted by Crippen LogP contribution is -2.36. The Balaban J connectivity index is 1.44. The van der Waals surface area contributed by atoms with Gasteiger partial charge < -0.3 is 25.0 Å². The molecule has 1 saturated heterocycles. The summed E-state index contributed by atoms with van der Waals surface area (Å²) in [4.78, 5) is 15.5. The molecule has 6 nitrogen and oxygen atoms in total. The first-order chi connectivity index (χ1) is 13.1. The first kappa shape index (κ1) is 19.7. The van der Waals surface area contributed by atoms with E-state index in [-0.39, 0.29) is 18.2 Å². The van der Waals surface area contributed by atoms with Crippen molar-refractivity contribution in [3.05, 3.63) is 46.7 Å². The zero-order valence-electron chi connectivity index (χ0n) is 15.8. The second kappa shape index (κ2) is 9.73. The number of likely N-dealkylation sites (N-methyl/N-ethyl adjacent to an activating group) is 1. The summed E-state index contributed by atoms with van der Waals surface area (Å²) in [6.45, 7) is 1.94. The maximum absolute atomic E-state index is 12.2. The molecule has 1 fully saturated rings. The Morgan fingerprint density at radius 3 is 2.78 bits per heavy atom. The van der Waals surface area contributed by atoms with E-state index in [1.807, 2.05) is 49.8 Å². The maximum atomic E-state index is 12.2. The van der Waals surface area contributed by atoms with Crippen LogP contribution < -0.4 is 15.4 Å². The molecule has 27 heavy (non-hydrogen) atoms. The molecule has 146 valence electrons. The van der Waals surface area contributed by atoms with E-state index < -0.39 is 0 Å². The topological polar surface area (TPSA) is 62.8 Å². The number of rotatable bonds is 8. The fraction of sp³-hybridized carbons (Fsp3) is 0.450. The molecule has 0 aliphatic carbocycles. The minimum Gasteiger partial charge on any atom is -0.491 e. The molecule has 0 unspecified atom stereocenters. The third-order valence-electron chi connectivity index (χ3n) is 4.52. The molecule has 0 radical (unpaired) electrons. The highest BCUT2D eigenvalue weighted by Crippen LogP contribution is 2.22. The molecule has 1 aromatic carbocycles. The lowest BCUT2D eigenvalue weighted by Gasteiger charge is -2.23. The van der Waals surface area contributed by atoms with Crippen LogP contribution >= 0.6 is 11.3 Å². The van der Waals surface area contributed by atoms with E-state index in [0.717, 1.165) is 30.9 Å². The van der Waals surface area contributed by atoms with E-state index in [1.165, 1.54) is 4.88 Å². The quantitative estimate of drug-likeness (QED) is 0.722. The number of carbonyl (C=O) groups is 1. The largest absolute Gasteiger partial charge is 0.491 e. The van der Waals surface area contributed by atoms with Gasteiger partial charge in [0.05, 0.1) is 12.1 Å². The number of carbonyl (C=O) groups excluding carboxylic acids is 1. The molecule has 2 amide bonds. The minimum atomic E-state index is -0.216. The van der Waals surface area contributed by atoms with Crippen molar-refractivity contribution in [2.75, 3.05) is 39.2 Å². The summed E-state index contributed by atoms with van der Waals surface area (Å²) < 4.78 is 11.3. The van der Waals surface area contributed by atoms with Crippen molar-refractivity contribution in [3.63, 3.8) is 0 Å². The van der Waals surface area contributed by atoms with Crippen LogP contribution in [0.25, 0.3) is 0 Å². The van der Waals surface area contributed by atoms with Crippen LogP contribution in [0.2, 0.25) is 0 Å². The van der Waals surface area contributed by atoms with E-state index in [1.54, 1.807) is 11.3 Å². The van der Waals surface area contributed by atoms with E-state index in [4.69, 9.17) is 9.47 Å². The molecule has 1 aliphatic rings. The molecule has 2 heterocycles. The summed E-state index contributed by atoms with van der Waals surface area (Å²) in [5.41, 5.74) is 0.731. The number of nitrogens with one attached hydrogen (secondary N) is 2. The van der Waals surface area contributed by atoms with Gasteiger partial charge in [-0.05, 0) is 62.6 Å². The molecule has 0 spiro atoms. The second-order valence-corrected chi connectivity index (χ2v) is 7.78. The Morgan fingerprint density at radius 2 is 2.15 bits per heavy atom. The minimum absolute atomic E-state index is 0.157. The first-order valence-electron chi connectivity index (χ1n) is 9.21. The molecule has 3 rings (SSSR count). The molecule has 2 aromatic rings. The highest BCUT2D eigenvalue weighted by Gasteiger charge is 2.17. The van der Waals surface area contributed by atoms with Crippen molar-refractivity contribution in [3.8, 4) is 5.75 Å². The van der Waals surface area contributed by atoms with Gasteiger partial charge in [-0.1, -0.05) is 6.07 Å². The van der Waals surface area contributed by atoms with Crippen molar-refractivity contribution in [2.24, 2.45) is 0 Å². The SMILES string of the molecule is CN(C)[C@@H](CNC(=O)Nc1ccc(OC[C@H]2CCCO2)cc1)c1cccs1. The summed E-state index contributed by atoms with van der Waals surface area (Å²) >= 11 is 1.69. The van der Waals surface area contributed by atoms with Gasteiger partial charge in [0.15, 0.2) is 0 Å². The summed E-state index contributed by atoms with van der Waals surface area (Å²) in [6, 6.07) is 11.5. The number of benzene rings is 1. The van der Waals surface area contributed by atoms with Crippen molar-refractivity contribution in [2.45, 2.75) is 25.0 Å². The highest BCUT2D eigenvalue weighted by molar-refractivity contribution is 7.10. The zero-order chi connectivity index (χ0) is 19.1. The summed E-state index contributed by atoms with van der Waals surface area (Å²) in [7, 11) is 4.03. The normalized spacial score (nSPS) is 17.7. The van der Waals surface area contributed by atoms with Gasteiger partial charge in [-0.15, -0.1) is 11.3 Å². The molecule has 0 bridgehead atoms. The lowest BCUT2D eigenvalue weighted by molar-refractivity contribution is 0.0679. The van der Waals surface area contributed by atoms with Crippen molar-refractivity contribution >= 4 is 23.1 Å². The molecule has 1 aromatic heterocycles. The van der Waals surface area contributed by atoms with Gasteiger partial charge in [-0.3, -0.25) is 0 Å². The maximum Gasteiger partial charge on any atom is 0.319 e. The predicted octanol–water partition coefficient (Wildman–Crippen LogP) is 3.73. The van der Waals surface area contributed by atoms with E-state index >= 15 is 0 Å². The Kier molecular flexibility index (Phi) is 7.09. The molecule has 1 aliphatic heterocycles. The Hall–Kier alpha value is -2.09. The summed E-state index contributed by atoms with van der Waals surface area (Å²) in [5, 5.41) is 7.86. The van der Waals surface area contributed by atoms with Crippen LogP contribution in [0.4, 0.5) is 10.5 Å². The number of nitrogens with zero attached hydrogens (tertiary/aromatic N) is 1. The molecule has 0 saturated carbocycles. The molecule has 2 atom stereocenters. The summed E-state index contributed by atoms with van der Waals surface area (Å²) in [6.07, 6.45) is 2.36. The standard InChI is InChI=1S/C20H27N3O3S/c1-23(2)18(19-6-4-12-27-19)13-21-20(24)22-15-7-9-16(10-8-15)26-14-17-5-3-11-25-17/h4,6-10,12,17-18H,3,5,11,13-14H2,1-2H3,(H2,21,22,24)/t17-,18+/m1/s1. The van der Waals surface area contributed by atoms with Crippen LogP contribution in [0.1, 0.15) is 23.8 Å². The van der Waals surface area contributed by atoms with Crippen LogP contribution in [-0.4, -0.2) is 50.9 Å². The van der Waals surface area contributed by atoms with Crippen molar-refractivity contribution in [1.29, 1.82) is 0 Å². The monoisotopic (exact) mass is 389 g/mol. The van der Waals surface area contributed by atoms with Gasteiger partial charge in [-0.2, -0.15) is 0 Å². The van der Waals surface area contributed by atoms with Gasteiger partial charge in [0.2, 0.25) is 0 Å². The number of urea groups is 1. The van der Waals surface area contributed by atoms with E-state index in [9.17, 15) is 4.79 Å². The average molecular weight is 390 g/mol. The number of thiophene rings is 1. The molecule has 7 heteroatoms. The summed E-state index contributed by atoms with van der Waals surface area (Å²) in [5.74, 6) is 0.779. The van der Waals surface area contributed by atoms with Gasteiger partial charge >= 0.3 is 6.03 Å². The van der Waals surface area contributed by atoms with Gasteiger partial charge in [0.25, 0.3) is 0 Å². The van der Waals surface area contributed by atoms with Crippen LogP contribution in [0.3, 0.4) is 0 Å². The zero-order valence-corrected chi connectivity index (χ0v) is 16.6. The third-order valence-corrected chi connectivity index (χ3v) is 5.50. The Morgan fingerprint density at radius 1 is 1.33 bits per heavy atom. The number of ether oxygens (including phenoxy) is 2. The van der Waals surface area contributed by atoms with Gasteiger partial charge in [0.1, 0.15) is 12.4 Å². The second-order valence-electron chi connectivity index (χ2n) is 6.80.